The minimum absolute atomic E-state index is 0.171. The van der Waals surface area contributed by atoms with Crippen molar-refractivity contribution in [1.82, 2.24) is 9.78 Å². The van der Waals surface area contributed by atoms with Crippen molar-refractivity contribution in [3.8, 4) is 5.69 Å². The molecule has 0 fully saturated rings. The normalized spacial score (nSPS) is 10.9. The van der Waals surface area contributed by atoms with Crippen molar-refractivity contribution in [3.05, 3.63) is 47.8 Å². The second kappa shape index (κ2) is 5.17. The summed E-state index contributed by atoms with van der Waals surface area (Å²) in [5.74, 6) is 0.595. The van der Waals surface area contributed by atoms with Gasteiger partial charge in [-0.1, -0.05) is 20.8 Å². The quantitative estimate of drug-likeness (QED) is 0.768. The first-order chi connectivity index (χ1) is 8.61. The van der Waals surface area contributed by atoms with Gasteiger partial charge >= 0.3 is 0 Å². The maximum Gasteiger partial charge on any atom is 0.162 e. The van der Waals surface area contributed by atoms with E-state index in [2.05, 4.69) is 18.9 Å². The van der Waals surface area contributed by atoms with Gasteiger partial charge < -0.3 is 0 Å². The van der Waals surface area contributed by atoms with Gasteiger partial charge in [0.25, 0.3) is 0 Å². The van der Waals surface area contributed by atoms with Crippen molar-refractivity contribution in [2.45, 2.75) is 33.1 Å². The minimum Gasteiger partial charge on any atom is -0.294 e. The van der Waals surface area contributed by atoms with Gasteiger partial charge in [0.05, 0.1) is 11.4 Å². The fraction of sp³-hybridized carbons (Fsp3) is 0.333. The molecule has 0 amide bonds. The second-order valence-electron chi connectivity index (χ2n) is 4.66. The lowest BCUT2D eigenvalue weighted by atomic mass is 10.1. The Bertz CT molecular complexity index is 538. The topological polar surface area (TPSA) is 34.9 Å². The zero-order valence-electron chi connectivity index (χ0n) is 11.1. The van der Waals surface area contributed by atoms with Crippen LogP contribution in [0.25, 0.3) is 5.69 Å². The van der Waals surface area contributed by atoms with Gasteiger partial charge in [-0.25, -0.2) is 4.68 Å². The van der Waals surface area contributed by atoms with Gasteiger partial charge in [-0.05, 0) is 36.2 Å². The lowest BCUT2D eigenvalue weighted by molar-refractivity contribution is 0.0988. The van der Waals surface area contributed by atoms with Crippen LogP contribution >= 0.6 is 0 Å². The summed E-state index contributed by atoms with van der Waals surface area (Å²) in [6.07, 6.45) is 2.49. The van der Waals surface area contributed by atoms with E-state index >= 15 is 0 Å². The molecule has 0 saturated heterocycles. The molecule has 0 unspecified atom stereocenters. The number of aromatic nitrogens is 2. The molecule has 0 saturated carbocycles. The van der Waals surface area contributed by atoms with Crippen molar-refractivity contribution < 1.29 is 4.79 Å². The highest BCUT2D eigenvalue weighted by Crippen LogP contribution is 2.15. The molecule has 3 nitrogen and oxygen atoms in total. The average Bonchev–Trinajstić information content (AvgIpc) is 2.88. The molecule has 1 heterocycles. The monoisotopic (exact) mass is 242 g/mol. The number of Topliss-reactive ketones (excluding diaryl/α,β-unsaturated/α-hetero) is 1. The van der Waals surface area contributed by atoms with Crippen LogP contribution in [0.3, 0.4) is 0 Å². The van der Waals surface area contributed by atoms with Gasteiger partial charge in [0.1, 0.15) is 0 Å². The molecule has 18 heavy (non-hydrogen) atoms. The third-order valence-electron chi connectivity index (χ3n) is 2.98. The number of benzene rings is 1. The van der Waals surface area contributed by atoms with Gasteiger partial charge in [0.2, 0.25) is 0 Å². The average molecular weight is 242 g/mol. The molecular weight excluding hydrogens is 224 g/mol. The summed E-state index contributed by atoms with van der Waals surface area (Å²) in [6, 6.07) is 9.60. The summed E-state index contributed by atoms with van der Waals surface area (Å²) in [5.41, 5.74) is 2.82. The Kier molecular flexibility index (Phi) is 3.60. The Labute approximate surface area is 107 Å². The molecule has 0 atom stereocenters. The predicted octanol–water partition coefficient (Wildman–Crippen LogP) is 3.59. The van der Waals surface area contributed by atoms with Crippen LogP contribution in [0.2, 0.25) is 0 Å². The molecule has 0 radical (unpaired) electrons. The second-order valence-corrected chi connectivity index (χ2v) is 4.66. The predicted molar refractivity (Wildman–Crippen MR) is 72.3 cm³/mol. The molecule has 0 bridgehead atoms. The molecule has 1 aromatic heterocycles. The molecular formula is C15H18N2O. The maximum atomic E-state index is 11.5. The summed E-state index contributed by atoms with van der Waals surface area (Å²) >= 11 is 0. The number of carbonyl (C=O) groups excluding carboxylic acids is 1. The number of nitrogens with zero attached hydrogens (tertiary/aromatic N) is 2. The van der Waals surface area contributed by atoms with E-state index in [9.17, 15) is 4.79 Å². The Morgan fingerprint density at radius 2 is 1.89 bits per heavy atom. The van der Waals surface area contributed by atoms with Crippen LogP contribution in [0.1, 0.15) is 49.2 Å². The molecule has 0 aliphatic carbocycles. The fourth-order valence-electron chi connectivity index (χ4n) is 1.79. The third kappa shape index (κ3) is 2.50. The van der Waals surface area contributed by atoms with E-state index in [4.69, 9.17) is 0 Å². The molecule has 1 aromatic carbocycles. The lowest BCUT2D eigenvalue weighted by Crippen LogP contribution is -2.00. The fourth-order valence-corrected chi connectivity index (χ4v) is 1.79. The number of hydrogen-bond acceptors (Lipinski definition) is 2. The molecule has 0 spiro atoms. The van der Waals surface area contributed by atoms with E-state index in [1.54, 1.807) is 0 Å². The molecule has 0 aliphatic rings. The van der Waals surface area contributed by atoms with Gasteiger partial charge in [-0.3, -0.25) is 4.79 Å². The number of carbonyl (C=O) groups is 1. The molecule has 3 heteroatoms. The summed E-state index contributed by atoms with van der Waals surface area (Å²) < 4.78 is 1.84. The molecule has 2 aromatic rings. The van der Waals surface area contributed by atoms with E-state index in [-0.39, 0.29) is 5.78 Å². The van der Waals surface area contributed by atoms with Crippen LogP contribution in [0.4, 0.5) is 0 Å². The van der Waals surface area contributed by atoms with E-state index < -0.39 is 0 Å². The van der Waals surface area contributed by atoms with Gasteiger partial charge in [-0.2, -0.15) is 5.10 Å². The van der Waals surface area contributed by atoms with Crippen LogP contribution in [0, 0.1) is 0 Å². The lowest BCUT2D eigenvalue weighted by Gasteiger charge is -2.03. The zero-order valence-corrected chi connectivity index (χ0v) is 11.1. The first kappa shape index (κ1) is 12.6. The van der Waals surface area contributed by atoms with Crippen molar-refractivity contribution in [2.24, 2.45) is 0 Å². The summed E-state index contributed by atoms with van der Waals surface area (Å²) in [5, 5.41) is 4.51. The van der Waals surface area contributed by atoms with Gasteiger partial charge in [0.15, 0.2) is 5.78 Å². The van der Waals surface area contributed by atoms with Crippen molar-refractivity contribution in [1.29, 1.82) is 0 Å². The molecule has 0 aliphatic heterocycles. The summed E-state index contributed by atoms with van der Waals surface area (Å²) in [7, 11) is 0. The highest BCUT2D eigenvalue weighted by Gasteiger charge is 2.06. The highest BCUT2D eigenvalue weighted by molar-refractivity contribution is 5.95. The van der Waals surface area contributed by atoms with E-state index in [1.165, 1.54) is 0 Å². The molecule has 0 N–H and O–H groups in total. The largest absolute Gasteiger partial charge is 0.294 e. The maximum absolute atomic E-state index is 11.5. The number of rotatable bonds is 4. The van der Waals surface area contributed by atoms with Crippen molar-refractivity contribution in [3.63, 3.8) is 0 Å². The van der Waals surface area contributed by atoms with Crippen LogP contribution in [-0.2, 0) is 0 Å². The minimum atomic E-state index is 0.171. The van der Waals surface area contributed by atoms with E-state index in [0.29, 0.717) is 12.3 Å². The smallest absolute Gasteiger partial charge is 0.162 e. The van der Waals surface area contributed by atoms with Crippen LogP contribution in [0.15, 0.2) is 36.5 Å². The van der Waals surface area contributed by atoms with Crippen LogP contribution in [0.5, 0.6) is 0 Å². The molecule has 2 rings (SSSR count). The van der Waals surface area contributed by atoms with E-state index in [1.807, 2.05) is 48.1 Å². The van der Waals surface area contributed by atoms with Crippen LogP contribution in [-0.4, -0.2) is 15.6 Å². The Hall–Kier alpha value is -1.90. The SMILES string of the molecule is CCC(=O)c1ccc(-n2ccc(C(C)C)n2)cc1. The number of ketones is 1. The zero-order chi connectivity index (χ0) is 13.1. The van der Waals surface area contributed by atoms with Crippen LogP contribution < -0.4 is 0 Å². The first-order valence-corrected chi connectivity index (χ1v) is 6.31. The summed E-state index contributed by atoms with van der Waals surface area (Å²) in [4.78, 5) is 11.5. The van der Waals surface area contributed by atoms with Crippen molar-refractivity contribution in [2.75, 3.05) is 0 Å². The third-order valence-corrected chi connectivity index (χ3v) is 2.98. The Balaban J connectivity index is 2.25. The Morgan fingerprint density at radius 1 is 1.22 bits per heavy atom. The highest BCUT2D eigenvalue weighted by atomic mass is 16.1. The summed E-state index contributed by atoms with van der Waals surface area (Å²) in [6.45, 7) is 6.12. The number of hydrogen-bond donors (Lipinski definition) is 0. The first-order valence-electron chi connectivity index (χ1n) is 6.31. The molecule has 94 valence electrons. The van der Waals surface area contributed by atoms with Crippen molar-refractivity contribution >= 4 is 5.78 Å². The van der Waals surface area contributed by atoms with Gasteiger partial charge in [-0.15, -0.1) is 0 Å². The Morgan fingerprint density at radius 3 is 2.39 bits per heavy atom. The standard InChI is InChI=1S/C15H18N2O/c1-4-15(18)12-5-7-13(8-6-12)17-10-9-14(16-17)11(2)3/h5-11H,4H2,1-3H3. The van der Waals surface area contributed by atoms with Gasteiger partial charge in [0, 0.05) is 18.2 Å². The van der Waals surface area contributed by atoms with E-state index in [0.717, 1.165) is 16.9 Å².